The van der Waals surface area contributed by atoms with Crippen LogP contribution in [0.2, 0.25) is 0 Å². The SMILES string of the molecule is C#CCCCC(C)(C)O. The smallest absolute Gasteiger partial charge is 0.0592 e. The summed E-state index contributed by atoms with van der Waals surface area (Å²) in [5.41, 5.74) is -0.545. The van der Waals surface area contributed by atoms with Gasteiger partial charge in [-0.05, 0) is 26.7 Å². The van der Waals surface area contributed by atoms with Crippen LogP contribution in [0, 0.1) is 12.3 Å². The molecule has 0 saturated heterocycles. The lowest BCUT2D eigenvalue weighted by atomic mass is 10.0. The van der Waals surface area contributed by atoms with Crippen molar-refractivity contribution in [2.45, 2.75) is 38.7 Å². The van der Waals surface area contributed by atoms with Crippen LogP contribution < -0.4 is 0 Å². The third-order valence-electron chi connectivity index (χ3n) is 1.11. The Balaban J connectivity index is 3.20. The molecule has 9 heavy (non-hydrogen) atoms. The van der Waals surface area contributed by atoms with E-state index in [0.717, 1.165) is 19.3 Å². The van der Waals surface area contributed by atoms with Crippen LogP contribution in [0.5, 0.6) is 0 Å². The van der Waals surface area contributed by atoms with Crippen molar-refractivity contribution in [2.75, 3.05) is 0 Å². The van der Waals surface area contributed by atoms with Crippen LogP contribution in [0.3, 0.4) is 0 Å². The molecule has 0 unspecified atom stereocenters. The lowest BCUT2D eigenvalue weighted by molar-refractivity contribution is 0.0693. The number of hydrogen-bond acceptors (Lipinski definition) is 1. The summed E-state index contributed by atoms with van der Waals surface area (Å²) in [5, 5.41) is 9.18. The summed E-state index contributed by atoms with van der Waals surface area (Å²) >= 11 is 0. The molecule has 0 atom stereocenters. The number of aliphatic hydroxyl groups is 1. The zero-order valence-electron chi connectivity index (χ0n) is 6.15. The second-order valence-corrected chi connectivity index (χ2v) is 2.87. The minimum Gasteiger partial charge on any atom is -0.390 e. The lowest BCUT2D eigenvalue weighted by Crippen LogP contribution is -2.17. The molecule has 52 valence electrons. The summed E-state index contributed by atoms with van der Waals surface area (Å²) in [4.78, 5) is 0. The fourth-order valence-electron chi connectivity index (χ4n) is 0.623. The Labute approximate surface area is 57.1 Å². The van der Waals surface area contributed by atoms with Gasteiger partial charge in [0.2, 0.25) is 0 Å². The number of unbranched alkanes of at least 4 members (excludes halogenated alkanes) is 1. The van der Waals surface area contributed by atoms with Gasteiger partial charge in [0, 0.05) is 6.42 Å². The number of terminal acetylenes is 1. The Morgan fingerprint density at radius 3 is 2.44 bits per heavy atom. The maximum atomic E-state index is 9.18. The monoisotopic (exact) mass is 126 g/mol. The van der Waals surface area contributed by atoms with Crippen molar-refractivity contribution in [1.82, 2.24) is 0 Å². The molecule has 1 nitrogen and oxygen atoms in total. The molecule has 0 heterocycles. The Morgan fingerprint density at radius 1 is 1.56 bits per heavy atom. The van der Waals surface area contributed by atoms with Gasteiger partial charge in [-0.3, -0.25) is 0 Å². The van der Waals surface area contributed by atoms with E-state index in [2.05, 4.69) is 5.92 Å². The van der Waals surface area contributed by atoms with Gasteiger partial charge in [-0.2, -0.15) is 0 Å². The molecule has 0 radical (unpaired) electrons. The fourth-order valence-corrected chi connectivity index (χ4v) is 0.623. The molecule has 0 aromatic rings. The molecular formula is C8H14O. The first-order valence-electron chi connectivity index (χ1n) is 3.22. The molecule has 0 aromatic carbocycles. The molecule has 0 saturated carbocycles. The van der Waals surface area contributed by atoms with E-state index < -0.39 is 5.60 Å². The molecule has 1 heteroatoms. The summed E-state index contributed by atoms with van der Waals surface area (Å²) in [6.07, 6.45) is 7.50. The van der Waals surface area contributed by atoms with E-state index >= 15 is 0 Å². The molecule has 0 aliphatic rings. The van der Waals surface area contributed by atoms with Gasteiger partial charge in [0.05, 0.1) is 5.60 Å². The van der Waals surface area contributed by atoms with Gasteiger partial charge in [0.1, 0.15) is 0 Å². The van der Waals surface area contributed by atoms with Gasteiger partial charge in [0.25, 0.3) is 0 Å². The summed E-state index contributed by atoms with van der Waals surface area (Å²) in [7, 11) is 0. The van der Waals surface area contributed by atoms with Crippen LogP contribution in [0.1, 0.15) is 33.1 Å². The predicted molar refractivity (Wildman–Crippen MR) is 39.0 cm³/mol. The van der Waals surface area contributed by atoms with E-state index in [-0.39, 0.29) is 0 Å². The van der Waals surface area contributed by atoms with Crippen molar-refractivity contribution in [1.29, 1.82) is 0 Å². The Hall–Kier alpha value is -0.480. The molecule has 0 aliphatic heterocycles. The fraction of sp³-hybridized carbons (Fsp3) is 0.750. The first kappa shape index (κ1) is 8.52. The van der Waals surface area contributed by atoms with Crippen molar-refractivity contribution < 1.29 is 5.11 Å². The summed E-state index contributed by atoms with van der Waals surface area (Å²) < 4.78 is 0. The summed E-state index contributed by atoms with van der Waals surface area (Å²) in [5.74, 6) is 2.53. The minimum absolute atomic E-state index is 0.545. The van der Waals surface area contributed by atoms with Crippen LogP contribution in [-0.4, -0.2) is 10.7 Å². The molecule has 0 aliphatic carbocycles. The van der Waals surface area contributed by atoms with E-state index in [4.69, 9.17) is 6.42 Å². The van der Waals surface area contributed by atoms with Crippen molar-refractivity contribution in [3.63, 3.8) is 0 Å². The summed E-state index contributed by atoms with van der Waals surface area (Å²) in [6.45, 7) is 3.59. The van der Waals surface area contributed by atoms with Crippen LogP contribution in [0.4, 0.5) is 0 Å². The third-order valence-corrected chi connectivity index (χ3v) is 1.11. The Bertz CT molecular complexity index is 103. The van der Waals surface area contributed by atoms with E-state index in [9.17, 15) is 5.11 Å². The average Bonchev–Trinajstić information content (AvgIpc) is 1.63. The Kier molecular flexibility index (Phi) is 3.34. The highest BCUT2D eigenvalue weighted by atomic mass is 16.3. The molecule has 1 N–H and O–H groups in total. The van der Waals surface area contributed by atoms with Crippen LogP contribution in [0.15, 0.2) is 0 Å². The highest BCUT2D eigenvalue weighted by molar-refractivity contribution is 4.84. The van der Waals surface area contributed by atoms with Gasteiger partial charge >= 0.3 is 0 Å². The molecular weight excluding hydrogens is 112 g/mol. The minimum atomic E-state index is -0.545. The van der Waals surface area contributed by atoms with E-state index in [1.807, 2.05) is 0 Å². The quantitative estimate of drug-likeness (QED) is 0.449. The van der Waals surface area contributed by atoms with Crippen molar-refractivity contribution in [3.8, 4) is 12.3 Å². The van der Waals surface area contributed by atoms with Crippen LogP contribution in [-0.2, 0) is 0 Å². The predicted octanol–water partition coefficient (Wildman–Crippen LogP) is 1.56. The third kappa shape index (κ3) is 7.52. The Morgan fingerprint density at radius 2 is 2.11 bits per heavy atom. The molecule has 0 rings (SSSR count). The summed E-state index contributed by atoms with van der Waals surface area (Å²) in [6, 6.07) is 0. The largest absolute Gasteiger partial charge is 0.390 e. The van der Waals surface area contributed by atoms with Gasteiger partial charge in [0.15, 0.2) is 0 Å². The first-order valence-corrected chi connectivity index (χ1v) is 3.22. The van der Waals surface area contributed by atoms with E-state index in [0.29, 0.717) is 0 Å². The van der Waals surface area contributed by atoms with Crippen molar-refractivity contribution in [2.24, 2.45) is 0 Å². The van der Waals surface area contributed by atoms with Gasteiger partial charge in [-0.1, -0.05) is 0 Å². The van der Waals surface area contributed by atoms with Crippen molar-refractivity contribution in [3.05, 3.63) is 0 Å². The average molecular weight is 126 g/mol. The highest BCUT2D eigenvalue weighted by Gasteiger charge is 2.09. The zero-order valence-corrected chi connectivity index (χ0v) is 6.15. The topological polar surface area (TPSA) is 20.2 Å². The molecule has 0 amide bonds. The molecule has 0 spiro atoms. The maximum absolute atomic E-state index is 9.18. The van der Waals surface area contributed by atoms with Crippen molar-refractivity contribution >= 4 is 0 Å². The van der Waals surface area contributed by atoms with Crippen LogP contribution in [0.25, 0.3) is 0 Å². The lowest BCUT2D eigenvalue weighted by Gasteiger charge is -2.15. The molecule has 0 fully saturated rings. The van der Waals surface area contributed by atoms with E-state index in [1.165, 1.54) is 0 Å². The highest BCUT2D eigenvalue weighted by Crippen LogP contribution is 2.10. The second-order valence-electron chi connectivity index (χ2n) is 2.87. The van der Waals surface area contributed by atoms with E-state index in [1.54, 1.807) is 13.8 Å². The zero-order chi connectivity index (χ0) is 7.33. The van der Waals surface area contributed by atoms with Gasteiger partial charge in [-0.15, -0.1) is 12.3 Å². The molecule has 0 aromatic heterocycles. The number of rotatable bonds is 3. The number of hydrogen-bond donors (Lipinski definition) is 1. The standard InChI is InChI=1S/C8H14O/c1-4-5-6-7-8(2,3)9/h1,9H,5-7H2,2-3H3. The maximum Gasteiger partial charge on any atom is 0.0592 e. The second kappa shape index (κ2) is 3.53. The van der Waals surface area contributed by atoms with Crippen LogP contribution >= 0.6 is 0 Å². The van der Waals surface area contributed by atoms with Gasteiger partial charge < -0.3 is 5.11 Å². The molecule has 0 bridgehead atoms. The first-order chi connectivity index (χ1) is 4.06. The van der Waals surface area contributed by atoms with Gasteiger partial charge in [-0.25, -0.2) is 0 Å². The normalized spacial score (nSPS) is 10.9.